The van der Waals surface area contributed by atoms with Gasteiger partial charge in [0.05, 0.1) is 0 Å². The highest BCUT2D eigenvalue weighted by Crippen LogP contribution is 2.19. The Kier molecular flexibility index (Phi) is 3.13. The van der Waals surface area contributed by atoms with Crippen molar-refractivity contribution in [2.45, 2.75) is 6.54 Å². The number of nitrogens with two attached hydrogens (primary N) is 1. The van der Waals surface area contributed by atoms with Crippen molar-refractivity contribution in [3.05, 3.63) is 65.9 Å². The molecule has 1 amide bonds. The Morgan fingerprint density at radius 3 is 2.65 bits per heavy atom. The van der Waals surface area contributed by atoms with Crippen LogP contribution in [0.4, 0.5) is 5.69 Å². The van der Waals surface area contributed by atoms with Gasteiger partial charge in [-0.3, -0.25) is 4.79 Å². The fraction of sp³-hybridized carbons (Fsp3) is 0.0625. The molecule has 3 aromatic rings. The standard InChI is InChI=1S/C16H14N2O2/c17-13-7-3-1-6-12(13)10-18-16(19)15-9-11-5-2-4-8-14(11)20-15/h1-9H,10,17H2,(H,18,19). The maximum absolute atomic E-state index is 12.1. The molecule has 0 saturated carbocycles. The number of benzene rings is 2. The molecule has 0 aliphatic rings. The zero-order valence-electron chi connectivity index (χ0n) is 10.8. The molecule has 0 bridgehead atoms. The van der Waals surface area contributed by atoms with Gasteiger partial charge in [-0.05, 0) is 23.8 Å². The van der Waals surface area contributed by atoms with Crippen molar-refractivity contribution >= 4 is 22.6 Å². The van der Waals surface area contributed by atoms with Crippen LogP contribution in [0, 0.1) is 0 Å². The van der Waals surface area contributed by atoms with Gasteiger partial charge >= 0.3 is 0 Å². The largest absolute Gasteiger partial charge is 0.451 e. The molecular weight excluding hydrogens is 252 g/mol. The molecule has 0 unspecified atom stereocenters. The van der Waals surface area contributed by atoms with Gasteiger partial charge in [0.15, 0.2) is 5.76 Å². The number of nitrogens with one attached hydrogen (secondary N) is 1. The zero-order valence-corrected chi connectivity index (χ0v) is 10.8. The number of para-hydroxylation sites is 2. The maximum atomic E-state index is 12.1. The van der Waals surface area contributed by atoms with Crippen LogP contribution in [0.15, 0.2) is 59.0 Å². The Bertz CT molecular complexity index is 729. The molecule has 0 fully saturated rings. The molecule has 20 heavy (non-hydrogen) atoms. The van der Waals surface area contributed by atoms with Crippen LogP contribution in [0.3, 0.4) is 0 Å². The fourth-order valence-electron chi connectivity index (χ4n) is 2.05. The molecule has 0 radical (unpaired) electrons. The van der Waals surface area contributed by atoms with Crippen molar-refractivity contribution in [2.75, 3.05) is 5.73 Å². The molecule has 0 aliphatic carbocycles. The van der Waals surface area contributed by atoms with E-state index in [1.807, 2.05) is 48.5 Å². The Morgan fingerprint density at radius 1 is 1.10 bits per heavy atom. The van der Waals surface area contributed by atoms with Gasteiger partial charge in [-0.1, -0.05) is 36.4 Å². The molecule has 1 heterocycles. The first kappa shape index (κ1) is 12.3. The second-order valence-electron chi connectivity index (χ2n) is 4.53. The van der Waals surface area contributed by atoms with E-state index in [0.717, 1.165) is 10.9 Å². The molecule has 100 valence electrons. The SMILES string of the molecule is Nc1ccccc1CNC(=O)c1cc2ccccc2o1. The van der Waals surface area contributed by atoms with E-state index >= 15 is 0 Å². The first-order valence-electron chi connectivity index (χ1n) is 6.34. The van der Waals surface area contributed by atoms with Gasteiger partial charge in [0.1, 0.15) is 5.58 Å². The first-order chi connectivity index (χ1) is 9.74. The number of furan rings is 1. The van der Waals surface area contributed by atoms with Crippen molar-refractivity contribution in [3.63, 3.8) is 0 Å². The van der Waals surface area contributed by atoms with Gasteiger partial charge in [0, 0.05) is 17.6 Å². The van der Waals surface area contributed by atoms with Crippen LogP contribution in [-0.4, -0.2) is 5.91 Å². The first-order valence-corrected chi connectivity index (χ1v) is 6.34. The number of anilines is 1. The zero-order chi connectivity index (χ0) is 13.9. The smallest absolute Gasteiger partial charge is 0.287 e. The monoisotopic (exact) mass is 266 g/mol. The highest BCUT2D eigenvalue weighted by molar-refractivity contribution is 5.96. The molecule has 4 heteroatoms. The van der Waals surface area contributed by atoms with Crippen molar-refractivity contribution in [3.8, 4) is 0 Å². The number of carbonyl (C=O) groups excluding carboxylic acids is 1. The summed E-state index contributed by atoms with van der Waals surface area (Å²) >= 11 is 0. The summed E-state index contributed by atoms with van der Waals surface area (Å²) in [6.07, 6.45) is 0. The molecule has 1 aromatic heterocycles. The molecule has 0 saturated heterocycles. The minimum absolute atomic E-state index is 0.246. The quantitative estimate of drug-likeness (QED) is 0.716. The van der Waals surface area contributed by atoms with Crippen molar-refractivity contribution in [1.82, 2.24) is 5.32 Å². The van der Waals surface area contributed by atoms with E-state index in [-0.39, 0.29) is 5.91 Å². The van der Waals surface area contributed by atoms with Gasteiger partial charge in [0.2, 0.25) is 0 Å². The minimum atomic E-state index is -0.246. The topological polar surface area (TPSA) is 68.3 Å². The third-order valence-corrected chi connectivity index (χ3v) is 3.14. The second-order valence-corrected chi connectivity index (χ2v) is 4.53. The van der Waals surface area contributed by atoms with E-state index < -0.39 is 0 Å². The van der Waals surface area contributed by atoms with Crippen LogP contribution in [0.25, 0.3) is 11.0 Å². The molecule has 4 nitrogen and oxygen atoms in total. The lowest BCUT2D eigenvalue weighted by molar-refractivity contribution is 0.0925. The van der Waals surface area contributed by atoms with E-state index in [2.05, 4.69) is 5.32 Å². The van der Waals surface area contributed by atoms with Gasteiger partial charge in [-0.15, -0.1) is 0 Å². The lowest BCUT2D eigenvalue weighted by Gasteiger charge is -2.05. The Labute approximate surface area is 116 Å². The summed E-state index contributed by atoms with van der Waals surface area (Å²) in [6, 6.07) is 16.7. The summed E-state index contributed by atoms with van der Waals surface area (Å²) in [5, 5.41) is 3.72. The third-order valence-electron chi connectivity index (χ3n) is 3.14. The Balaban J connectivity index is 1.75. The summed E-state index contributed by atoms with van der Waals surface area (Å²) in [6.45, 7) is 0.378. The number of carbonyl (C=O) groups is 1. The van der Waals surface area contributed by atoms with Crippen LogP contribution in [0.1, 0.15) is 16.1 Å². The number of hydrogen-bond acceptors (Lipinski definition) is 3. The highest BCUT2D eigenvalue weighted by Gasteiger charge is 2.11. The van der Waals surface area contributed by atoms with Crippen molar-refractivity contribution in [1.29, 1.82) is 0 Å². The van der Waals surface area contributed by atoms with Crippen LogP contribution >= 0.6 is 0 Å². The van der Waals surface area contributed by atoms with Gasteiger partial charge in [0.25, 0.3) is 5.91 Å². The number of fused-ring (bicyclic) bond motifs is 1. The third kappa shape index (κ3) is 2.36. The van der Waals surface area contributed by atoms with Gasteiger partial charge < -0.3 is 15.5 Å². The normalized spacial score (nSPS) is 10.6. The van der Waals surface area contributed by atoms with E-state index in [4.69, 9.17) is 10.2 Å². The fourth-order valence-corrected chi connectivity index (χ4v) is 2.05. The van der Waals surface area contributed by atoms with E-state index in [0.29, 0.717) is 23.6 Å². The summed E-state index contributed by atoms with van der Waals surface area (Å²) in [4.78, 5) is 12.1. The summed E-state index contributed by atoms with van der Waals surface area (Å²) in [5.74, 6) is 0.0603. The van der Waals surface area contributed by atoms with Crippen LogP contribution in [0.2, 0.25) is 0 Å². The van der Waals surface area contributed by atoms with Gasteiger partial charge in [-0.2, -0.15) is 0 Å². The van der Waals surface area contributed by atoms with Crippen molar-refractivity contribution in [2.24, 2.45) is 0 Å². The number of amides is 1. The van der Waals surface area contributed by atoms with Crippen LogP contribution in [-0.2, 0) is 6.54 Å². The predicted octanol–water partition coefficient (Wildman–Crippen LogP) is 2.95. The number of nitrogen functional groups attached to an aromatic ring is 1. The average Bonchev–Trinajstić information content (AvgIpc) is 2.90. The summed E-state index contributed by atoms with van der Waals surface area (Å²) < 4.78 is 5.51. The summed E-state index contributed by atoms with van der Waals surface area (Å²) in [5.41, 5.74) is 8.09. The molecule has 2 aromatic carbocycles. The number of rotatable bonds is 3. The van der Waals surface area contributed by atoms with E-state index in [1.54, 1.807) is 6.07 Å². The highest BCUT2D eigenvalue weighted by atomic mass is 16.3. The average molecular weight is 266 g/mol. The lowest BCUT2D eigenvalue weighted by Crippen LogP contribution is -2.22. The molecule has 3 rings (SSSR count). The maximum Gasteiger partial charge on any atom is 0.287 e. The Hall–Kier alpha value is -2.75. The predicted molar refractivity (Wildman–Crippen MR) is 78.2 cm³/mol. The molecule has 0 spiro atoms. The molecule has 0 aliphatic heterocycles. The second kappa shape index (κ2) is 5.09. The van der Waals surface area contributed by atoms with E-state index in [9.17, 15) is 4.79 Å². The Morgan fingerprint density at radius 2 is 1.85 bits per heavy atom. The summed E-state index contributed by atoms with van der Waals surface area (Å²) in [7, 11) is 0. The minimum Gasteiger partial charge on any atom is -0.451 e. The molecule has 3 N–H and O–H groups in total. The molecular formula is C16H14N2O2. The number of hydrogen-bond donors (Lipinski definition) is 2. The van der Waals surface area contributed by atoms with Gasteiger partial charge in [-0.25, -0.2) is 0 Å². The van der Waals surface area contributed by atoms with E-state index in [1.165, 1.54) is 0 Å². The van der Waals surface area contributed by atoms with Crippen LogP contribution in [0.5, 0.6) is 0 Å². The lowest BCUT2D eigenvalue weighted by atomic mass is 10.2. The molecule has 0 atom stereocenters. The van der Waals surface area contributed by atoms with Crippen molar-refractivity contribution < 1.29 is 9.21 Å². The van der Waals surface area contributed by atoms with Crippen LogP contribution < -0.4 is 11.1 Å².